The monoisotopic (exact) mass is 359 g/mol. The first-order chi connectivity index (χ1) is 13.1. The fraction of sp³-hybridized carbons (Fsp3) is 0.292. The lowest BCUT2D eigenvalue weighted by molar-refractivity contribution is -0.117. The SMILES string of the molecule is CC1=C2COCC2=C(C)C(=O)CN(C(c2ccccc2)c2ccccc2)C1. The van der Waals surface area contributed by atoms with E-state index >= 15 is 0 Å². The molecule has 2 aromatic carbocycles. The number of benzene rings is 2. The van der Waals surface area contributed by atoms with Crippen molar-refractivity contribution in [3.05, 3.63) is 94.1 Å². The molecular formula is C24H25NO2. The van der Waals surface area contributed by atoms with Crippen molar-refractivity contribution in [1.82, 2.24) is 4.90 Å². The molecule has 2 heterocycles. The van der Waals surface area contributed by atoms with Crippen molar-refractivity contribution < 1.29 is 9.53 Å². The molecule has 0 spiro atoms. The predicted molar refractivity (Wildman–Crippen MR) is 108 cm³/mol. The van der Waals surface area contributed by atoms with Gasteiger partial charge in [0, 0.05) is 6.54 Å². The number of nitrogens with zero attached hydrogens (tertiary/aromatic N) is 1. The number of ether oxygens (including phenoxy) is 1. The van der Waals surface area contributed by atoms with Crippen LogP contribution in [0.3, 0.4) is 0 Å². The van der Waals surface area contributed by atoms with Crippen molar-refractivity contribution in [3.8, 4) is 0 Å². The Kier molecular flexibility index (Phi) is 5.06. The van der Waals surface area contributed by atoms with E-state index in [0.29, 0.717) is 19.8 Å². The standard InChI is InChI=1S/C24H25NO2/c1-17-13-25(14-23(26)18(2)22-16-27-15-21(17)22)24(19-9-5-3-6-10-19)20-11-7-4-8-12-20/h3-12,24H,13-16H2,1-2H3. The van der Waals surface area contributed by atoms with E-state index in [4.69, 9.17) is 4.74 Å². The normalized spacial score (nSPS) is 18.7. The van der Waals surface area contributed by atoms with Gasteiger partial charge in [-0.25, -0.2) is 0 Å². The van der Waals surface area contributed by atoms with Gasteiger partial charge < -0.3 is 4.74 Å². The second-order valence-electron chi connectivity index (χ2n) is 7.41. The zero-order chi connectivity index (χ0) is 18.8. The molecule has 27 heavy (non-hydrogen) atoms. The van der Waals surface area contributed by atoms with Gasteiger partial charge in [0.25, 0.3) is 0 Å². The Morgan fingerprint density at radius 3 is 1.96 bits per heavy atom. The van der Waals surface area contributed by atoms with E-state index in [1.54, 1.807) is 0 Å². The van der Waals surface area contributed by atoms with E-state index in [-0.39, 0.29) is 11.8 Å². The lowest BCUT2D eigenvalue weighted by Crippen LogP contribution is -2.37. The third-order valence-electron chi connectivity index (χ3n) is 5.63. The molecule has 0 atom stereocenters. The van der Waals surface area contributed by atoms with Gasteiger partial charge in [-0.15, -0.1) is 0 Å². The highest BCUT2D eigenvalue weighted by molar-refractivity contribution is 5.98. The minimum Gasteiger partial charge on any atom is -0.372 e. The molecular weight excluding hydrogens is 334 g/mol. The molecule has 3 nitrogen and oxygen atoms in total. The van der Waals surface area contributed by atoms with Gasteiger partial charge in [-0.05, 0) is 41.7 Å². The fourth-order valence-corrected chi connectivity index (χ4v) is 4.14. The summed E-state index contributed by atoms with van der Waals surface area (Å²) in [4.78, 5) is 15.3. The largest absolute Gasteiger partial charge is 0.372 e. The van der Waals surface area contributed by atoms with E-state index < -0.39 is 0 Å². The number of carbonyl (C=O) groups excluding carboxylic acids is 1. The number of hydrogen-bond donors (Lipinski definition) is 0. The van der Waals surface area contributed by atoms with Gasteiger partial charge in [-0.2, -0.15) is 0 Å². The average Bonchev–Trinajstić information content (AvgIpc) is 3.18. The molecule has 0 aromatic heterocycles. The van der Waals surface area contributed by atoms with Crippen LogP contribution in [0, 0.1) is 0 Å². The minimum atomic E-state index is 0.0450. The van der Waals surface area contributed by atoms with Crippen molar-refractivity contribution in [3.63, 3.8) is 0 Å². The Labute approximate surface area is 161 Å². The van der Waals surface area contributed by atoms with Gasteiger partial charge in [0.05, 0.1) is 25.8 Å². The third-order valence-corrected chi connectivity index (χ3v) is 5.63. The number of ketones is 1. The van der Waals surface area contributed by atoms with Crippen LogP contribution in [0.25, 0.3) is 0 Å². The topological polar surface area (TPSA) is 29.5 Å². The van der Waals surface area contributed by atoms with Gasteiger partial charge in [-0.3, -0.25) is 9.69 Å². The van der Waals surface area contributed by atoms with Crippen molar-refractivity contribution in [2.45, 2.75) is 19.9 Å². The number of hydrogen-bond acceptors (Lipinski definition) is 3. The Hall–Kier alpha value is -2.49. The predicted octanol–water partition coefficient (Wildman–Crippen LogP) is 4.32. The van der Waals surface area contributed by atoms with Crippen LogP contribution in [0.5, 0.6) is 0 Å². The summed E-state index contributed by atoms with van der Waals surface area (Å²) in [5.41, 5.74) is 6.88. The zero-order valence-electron chi connectivity index (χ0n) is 15.9. The highest BCUT2D eigenvalue weighted by Gasteiger charge is 2.30. The highest BCUT2D eigenvalue weighted by atomic mass is 16.5. The summed E-state index contributed by atoms with van der Waals surface area (Å²) in [6.07, 6.45) is 0. The molecule has 2 aliphatic rings. The average molecular weight is 359 g/mol. The van der Waals surface area contributed by atoms with Crippen molar-refractivity contribution in [1.29, 1.82) is 0 Å². The third kappa shape index (κ3) is 3.53. The van der Waals surface area contributed by atoms with Gasteiger partial charge in [0.2, 0.25) is 0 Å². The number of rotatable bonds is 3. The van der Waals surface area contributed by atoms with Crippen LogP contribution in [-0.4, -0.2) is 37.0 Å². The van der Waals surface area contributed by atoms with Crippen LogP contribution >= 0.6 is 0 Å². The molecule has 0 aliphatic carbocycles. The van der Waals surface area contributed by atoms with Crippen LogP contribution < -0.4 is 0 Å². The molecule has 0 N–H and O–H groups in total. The van der Waals surface area contributed by atoms with Crippen molar-refractivity contribution in [2.75, 3.05) is 26.3 Å². The van der Waals surface area contributed by atoms with Crippen LogP contribution in [0.2, 0.25) is 0 Å². The smallest absolute Gasteiger partial charge is 0.172 e. The van der Waals surface area contributed by atoms with Crippen LogP contribution in [0.4, 0.5) is 0 Å². The van der Waals surface area contributed by atoms with E-state index in [2.05, 4.69) is 60.4 Å². The first-order valence-electron chi connectivity index (χ1n) is 9.49. The zero-order valence-corrected chi connectivity index (χ0v) is 15.9. The van der Waals surface area contributed by atoms with Gasteiger partial charge in [0.15, 0.2) is 5.78 Å². The maximum Gasteiger partial charge on any atom is 0.172 e. The van der Waals surface area contributed by atoms with E-state index in [9.17, 15) is 4.79 Å². The Bertz CT molecular complexity index is 857. The maximum absolute atomic E-state index is 13.0. The molecule has 0 saturated carbocycles. The molecule has 2 aliphatic heterocycles. The lowest BCUT2D eigenvalue weighted by Gasteiger charge is -2.34. The molecule has 1 saturated heterocycles. The fourth-order valence-electron chi connectivity index (χ4n) is 4.14. The molecule has 0 radical (unpaired) electrons. The van der Waals surface area contributed by atoms with E-state index in [0.717, 1.165) is 17.7 Å². The van der Waals surface area contributed by atoms with Gasteiger partial charge in [0.1, 0.15) is 0 Å². The summed E-state index contributed by atoms with van der Waals surface area (Å²) < 4.78 is 5.67. The van der Waals surface area contributed by atoms with Crippen LogP contribution in [0.1, 0.15) is 31.0 Å². The lowest BCUT2D eigenvalue weighted by atomic mass is 9.91. The maximum atomic E-state index is 13.0. The second-order valence-corrected chi connectivity index (χ2v) is 7.41. The van der Waals surface area contributed by atoms with E-state index in [1.807, 2.05) is 19.1 Å². The van der Waals surface area contributed by atoms with Crippen LogP contribution in [-0.2, 0) is 9.53 Å². The van der Waals surface area contributed by atoms with Crippen LogP contribution in [0.15, 0.2) is 83.0 Å². The van der Waals surface area contributed by atoms with Gasteiger partial charge in [-0.1, -0.05) is 66.2 Å². The summed E-state index contributed by atoms with van der Waals surface area (Å²) in [5, 5.41) is 0. The van der Waals surface area contributed by atoms with E-state index in [1.165, 1.54) is 22.3 Å². The first-order valence-corrected chi connectivity index (χ1v) is 9.49. The van der Waals surface area contributed by atoms with Crippen molar-refractivity contribution >= 4 is 5.78 Å². The molecule has 0 unspecified atom stereocenters. The quantitative estimate of drug-likeness (QED) is 0.817. The molecule has 1 fully saturated rings. The Morgan fingerprint density at radius 2 is 1.37 bits per heavy atom. The first kappa shape index (κ1) is 17.9. The summed E-state index contributed by atoms with van der Waals surface area (Å²) >= 11 is 0. The number of Topliss-reactive ketones (excluding diaryl/α,β-unsaturated/α-hetero) is 1. The summed E-state index contributed by atoms with van der Waals surface area (Å²) in [7, 11) is 0. The number of fused-ring (bicyclic) bond motifs is 1. The summed E-state index contributed by atoms with van der Waals surface area (Å²) in [5.74, 6) is 0.192. The Balaban J connectivity index is 1.79. The molecule has 4 rings (SSSR count). The molecule has 0 bridgehead atoms. The van der Waals surface area contributed by atoms with Gasteiger partial charge >= 0.3 is 0 Å². The Morgan fingerprint density at radius 1 is 0.815 bits per heavy atom. The molecule has 3 heteroatoms. The van der Waals surface area contributed by atoms with Crippen molar-refractivity contribution in [2.24, 2.45) is 0 Å². The molecule has 2 aromatic rings. The molecule has 138 valence electrons. The summed E-state index contributed by atoms with van der Waals surface area (Å²) in [6, 6.07) is 21.0. The molecule has 0 amide bonds. The second kappa shape index (κ2) is 7.63. The number of carbonyl (C=O) groups is 1. The minimum absolute atomic E-state index is 0.0450. The summed E-state index contributed by atoms with van der Waals surface area (Å²) in [6.45, 7) is 6.46. The highest BCUT2D eigenvalue weighted by Crippen LogP contribution is 2.33.